The predicted molar refractivity (Wildman–Crippen MR) is 118 cm³/mol. The molecule has 5 nitrogen and oxygen atoms in total. The molecule has 1 aliphatic heterocycles. The standard InChI is InChI=1S/C25H32N2O3/c1-19(26(2)18-22-9-11-23(12-10-22)25(29)30-3)24(28)27-15-13-21(14-16-27)17-20-7-5-4-6-8-20/h4-12,19,21H,13-18H2,1-3H3/t19-/m0/s1. The summed E-state index contributed by atoms with van der Waals surface area (Å²) in [6.45, 7) is 4.30. The summed E-state index contributed by atoms with van der Waals surface area (Å²) in [7, 11) is 3.35. The summed E-state index contributed by atoms with van der Waals surface area (Å²) in [6, 6.07) is 17.8. The fourth-order valence-corrected chi connectivity index (χ4v) is 4.05. The number of likely N-dealkylation sites (N-methyl/N-ethyl adjacent to an activating group) is 1. The van der Waals surface area contributed by atoms with Gasteiger partial charge in [0.25, 0.3) is 0 Å². The second-order valence-electron chi connectivity index (χ2n) is 8.24. The molecule has 0 aromatic heterocycles. The molecule has 0 radical (unpaired) electrons. The van der Waals surface area contributed by atoms with E-state index < -0.39 is 0 Å². The van der Waals surface area contributed by atoms with Gasteiger partial charge in [-0.15, -0.1) is 0 Å². The smallest absolute Gasteiger partial charge is 0.337 e. The third-order valence-electron chi connectivity index (χ3n) is 6.12. The Morgan fingerprint density at radius 1 is 1.03 bits per heavy atom. The first-order valence-corrected chi connectivity index (χ1v) is 10.7. The number of likely N-dealkylation sites (tertiary alicyclic amines) is 1. The Balaban J connectivity index is 1.48. The lowest BCUT2D eigenvalue weighted by molar-refractivity contribution is -0.137. The lowest BCUT2D eigenvalue weighted by Gasteiger charge is -2.35. The van der Waals surface area contributed by atoms with Crippen LogP contribution in [0.2, 0.25) is 0 Å². The molecule has 5 heteroatoms. The van der Waals surface area contributed by atoms with Crippen LogP contribution in [0.4, 0.5) is 0 Å². The van der Waals surface area contributed by atoms with Gasteiger partial charge in [0.05, 0.1) is 18.7 Å². The zero-order valence-electron chi connectivity index (χ0n) is 18.2. The van der Waals surface area contributed by atoms with Crippen molar-refractivity contribution in [2.45, 2.75) is 38.8 Å². The third kappa shape index (κ3) is 5.70. The van der Waals surface area contributed by atoms with E-state index in [9.17, 15) is 9.59 Å². The second-order valence-corrected chi connectivity index (χ2v) is 8.24. The molecule has 0 aliphatic carbocycles. The lowest BCUT2D eigenvalue weighted by atomic mass is 9.90. The van der Waals surface area contributed by atoms with Crippen molar-refractivity contribution in [2.24, 2.45) is 5.92 Å². The van der Waals surface area contributed by atoms with Crippen LogP contribution in [0.3, 0.4) is 0 Å². The third-order valence-corrected chi connectivity index (χ3v) is 6.12. The Morgan fingerprint density at radius 3 is 2.27 bits per heavy atom. The minimum Gasteiger partial charge on any atom is -0.465 e. The summed E-state index contributed by atoms with van der Waals surface area (Å²) in [5.41, 5.74) is 2.98. The van der Waals surface area contributed by atoms with Gasteiger partial charge >= 0.3 is 5.97 Å². The van der Waals surface area contributed by atoms with Crippen molar-refractivity contribution in [2.75, 3.05) is 27.2 Å². The molecule has 3 rings (SSSR count). The van der Waals surface area contributed by atoms with Gasteiger partial charge in [0, 0.05) is 19.6 Å². The molecular formula is C25H32N2O3. The van der Waals surface area contributed by atoms with E-state index in [1.165, 1.54) is 12.7 Å². The Bertz CT molecular complexity index is 827. The topological polar surface area (TPSA) is 49.9 Å². The van der Waals surface area contributed by atoms with Gasteiger partial charge in [-0.1, -0.05) is 42.5 Å². The van der Waals surface area contributed by atoms with E-state index in [0.717, 1.165) is 37.9 Å². The molecule has 160 valence electrons. The second kappa shape index (κ2) is 10.4. The molecule has 1 amide bonds. The number of nitrogens with zero attached hydrogens (tertiary/aromatic N) is 2. The monoisotopic (exact) mass is 408 g/mol. The molecular weight excluding hydrogens is 376 g/mol. The molecule has 0 N–H and O–H groups in total. The minimum atomic E-state index is -0.339. The zero-order chi connectivity index (χ0) is 21.5. The van der Waals surface area contributed by atoms with Crippen molar-refractivity contribution in [1.82, 2.24) is 9.80 Å². The highest BCUT2D eigenvalue weighted by Gasteiger charge is 2.28. The Labute approximate surface area is 179 Å². The van der Waals surface area contributed by atoms with Crippen LogP contribution in [0.25, 0.3) is 0 Å². The molecule has 1 heterocycles. The SMILES string of the molecule is COC(=O)c1ccc(CN(C)[C@@H](C)C(=O)N2CCC(Cc3ccccc3)CC2)cc1. The van der Waals surface area contributed by atoms with Crippen LogP contribution < -0.4 is 0 Å². The Morgan fingerprint density at radius 2 is 1.67 bits per heavy atom. The number of methoxy groups -OCH3 is 1. The van der Waals surface area contributed by atoms with E-state index in [4.69, 9.17) is 4.74 Å². The van der Waals surface area contributed by atoms with Gasteiger partial charge in [-0.2, -0.15) is 0 Å². The van der Waals surface area contributed by atoms with Gasteiger partial charge in [-0.25, -0.2) is 4.79 Å². The number of hydrogen-bond acceptors (Lipinski definition) is 4. The van der Waals surface area contributed by atoms with Crippen molar-refractivity contribution in [1.29, 1.82) is 0 Å². The van der Waals surface area contributed by atoms with E-state index in [0.29, 0.717) is 18.0 Å². The van der Waals surface area contributed by atoms with Gasteiger partial charge in [0.1, 0.15) is 0 Å². The average molecular weight is 409 g/mol. The number of ether oxygens (including phenoxy) is 1. The number of rotatable bonds is 7. The number of esters is 1. The van der Waals surface area contributed by atoms with Gasteiger partial charge < -0.3 is 9.64 Å². The van der Waals surface area contributed by atoms with Crippen molar-refractivity contribution in [3.05, 3.63) is 71.3 Å². The molecule has 1 aliphatic rings. The first-order valence-electron chi connectivity index (χ1n) is 10.7. The maximum Gasteiger partial charge on any atom is 0.337 e. The summed E-state index contributed by atoms with van der Waals surface area (Å²) in [4.78, 5) is 28.6. The number of carbonyl (C=O) groups is 2. The highest BCUT2D eigenvalue weighted by Crippen LogP contribution is 2.22. The average Bonchev–Trinajstić information content (AvgIpc) is 2.79. The van der Waals surface area contributed by atoms with Crippen LogP contribution >= 0.6 is 0 Å². The predicted octanol–water partition coefficient (Wildman–Crippen LogP) is 3.77. The molecule has 1 atom stereocenters. The van der Waals surface area contributed by atoms with E-state index >= 15 is 0 Å². The maximum absolute atomic E-state index is 13.0. The van der Waals surface area contributed by atoms with Gasteiger partial charge in [-0.05, 0) is 62.4 Å². The summed E-state index contributed by atoms with van der Waals surface area (Å²) >= 11 is 0. The number of benzene rings is 2. The van der Waals surface area contributed by atoms with Crippen LogP contribution in [-0.2, 0) is 22.5 Å². The highest BCUT2D eigenvalue weighted by atomic mass is 16.5. The molecule has 2 aromatic carbocycles. The van der Waals surface area contributed by atoms with Crippen molar-refractivity contribution >= 4 is 11.9 Å². The molecule has 0 bridgehead atoms. The zero-order valence-corrected chi connectivity index (χ0v) is 18.2. The first-order chi connectivity index (χ1) is 14.5. The highest BCUT2D eigenvalue weighted by molar-refractivity contribution is 5.89. The lowest BCUT2D eigenvalue weighted by Crippen LogP contribution is -2.48. The number of carbonyl (C=O) groups excluding carboxylic acids is 2. The number of hydrogen-bond donors (Lipinski definition) is 0. The van der Waals surface area contributed by atoms with Crippen LogP contribution in [0.15, 0.2) is 54.6 Å². The first kappa shape index (κ1) is 22.0. The molecule has 30 heavy (non-hydrogen) atoms. The molecule has 1 saturated heterocycles. The molecule has 0 spiro atoms. The fourth-order valence-electron chi connectivity index (χ4n) is 4.05. The van der Waals surface area contributed by atoms with E-state index in [-0.39, 0.29) is 17.9 Å². The van der Waals surface area contributed by atoms with Crippen molar-refractivity contribution in [3.63, 3.8) is 0 Å². The van der Waals surface area contributed by atoms with Crippen molar-refractivity contribution in [3.8, 4) is 0 Å². The summed E-state index contributed by atoms with van der Waals surface area (Å²) in [5, 5.41) is 0. The van der Waals surface area contributed by atoms with Crippen LogP contribution in [0.1, 0.15) is 41.3 Å². The summed E-state index contributed by atoms with van der Waals surface area (Å²) in [5.74, 6) is 0.508. The summed E-state index contributed by atoms with van der Waals surface area (Å²) in [6.07, 6.45) is 3.22. The maximum atomic E-state index is 13.0. The largest absolute Gasteiger partial charge is 0.465 e. The van der Waals surface area contributed by atoms with Crippen LogP contribution in [0.5, 0.6) is 0 Å². The Kier molecular flexibility index (Phi) is 7.63. The van der Waals surface area contributed by atoms with E-state index in [2.05, 4.69) is 35.2 Å². The quantitative estimate of drug-likeness (QED) is 0.655. The Hall–Kier alpha value is -2.66. The number of piperidine rings is 1. The van der Waals surface area contributed by atoms with Gasteiger partial charge in [-0.3, -0.25) is 9.69 Å². The molecule has 0 unspecified atom stereocenters. The van der Waals surface area contributed by atoms with Crippen molar-refractivity contribution < 1.29 is 14.3 Å². The van der Waals surface area contributed by atoms with Crippen LogP contribution in [0, 0.1) is 5.92 Å². The molecule has 2 aromatic rings. The molecule has 1 fully saturated rings. The fraction of sp³-hybridized carbons (Fsp3) is 0.440. The van der Waals surface area contributed by atoms with E-state index in [1.807, 2.05) is 31.0 Å². The van der Waals surface area contributed by atoms with Crippen LogP contribution in [-0.4, -0.2) is 55.0 Å². The normalized spacial score (nSPS) is 15.8. The number of amides is 1. The van der Waals surface area contributed by atoms with Gasteiger partial charge in [0.2, 0.25) is 5.91 Å². The summed E-state index contributed by atoms with van der Waals surface area (Å²) < 4.78 is 4.74. The van der Waals surface area contributed by atoms with E-state index in [1.54, 1.807) is 12.1 Å². The molecule has 0 saturated carbocycles. The van der Waals surface area contributed by atoms with Gasteiger partial charge in [0.15, 0.2) is 0 Å². The minimum absolute atomic E-state index is 0.184.